The second kappa shape index (κ2) is 4.84. The Bertz CT molecular complexity index is 368. The van der Waals surface area contributed by atoms with E-state index < -0.39 is 23.6 Å². The van der Waals surface area contributed by atoms with Crippen molar-refractivity contribution >= 4 is 5.91 Å². The molecule has 0 saturated carbocycles. The molecule has 0 heterocycles. The number of hydrogen-bond donors (Lipinski definition) is 2. The van der Waals surface area contributed by atoms with Gasteiger partial charge in [-0.1, -0.05) is 0 Å². The maximum Gasteiger partial charge on any atom is 0.234 e. The number of halogens is 2. The van der Waals surface area contributed by atoms with E-state index >= 15 is 0 Å². The molecule has 0 aliphatic rings. The first-order chi connectivity index (χ1) is 7.00. The number of primary amides is 1. The summed E-state index contributed by atoms with van der Waals surface area (Å²) in [6.45, 7) is 1.62. The van der Waals surface area contributed by atoms with E-state index in [0.717, 1.165) is 18.2 Å². The van der Waals surface area contributed by atoms with Gasteiger partial charge in [0, 0.05) is 12.1 Å². The summed E-state index contributed by atoms with van der Waals surface area (Å²) in [5.41, 5.74) is 5.17. The highest BCUT2D eigenvalue weighted by molar-refractivity contribution is 5.79. The van der Waals surface area contributed by atoms with Gasteiger partial charge in [0.2, 0.25) is 5.91 Å². The molecule has 0 saturated heterocycles. The molecule has 1 unspecified atom stereocenters. The van der Waals surface area contributed by atoms with Gasteiger partial charge in [-0.2, -0.15) is 0 Å². The minimum absolute atomic E-state index is 0.0632. The van der Waals surface area contributed by atoms with E-state index in [9.17, 15) is 13.6 Å². The zero-order chi connectivity index (χ0) is 11.4. The molecule has 0 bridgehead atoms. The summed E-state index contributed by atoms with van der Waals surface area (Å²) in [6, 6.07) is 2.58. The summed E-state index contributed by atoms with van der Waals surface area (Å²) in [4.78, 5) is 10.7. The lowest BCUT2D eigenvalue weighted by Gasteiger charge is -2.10. The Balaban J connectivity index is 2.65. The van der Waals surface area contributed by atoms with Crippen LogP contribution >= 0.6 is 0 Å². The molecule has 0 aliphatic heterocycles. The molecule has 1 amide bonds. The molecule has 0 fully saturated rings. The largest absolute Gasteiger partial charge is 0.368 e. The zero-order valence-electron chi connectivity index (χ0n) is 8.26. The molecule has 1 aromatic carbocycles. The van der Waals surface area contributed by atoms with Crippen molar-refractivity contribution in [2.45, 2.75) is 19.5 Å². The Labute approximate surface area is 86.3 Å². The van der Waals surface area contributed by atoms with Crippen molar-refractivity contribution < 1.29 is 13.6 Å². The van der Waals surface area contributed by atoms with Crippen LogP contribution in [-0.4, -0.2) is 11.9 Å². The molecule has 1 atom stereocenters. The summed E-state index contributed by atoms with van der Waals surface area (Å²) in [5, 5.41) is 2.69. The van der Waals surface area contributed by atoms with Crippen molar-refractivity contribution in [3.63, 3.8) is 0 Å². The number of benzene rings is 1. The second-order valence-electron chi connectivity index (χ2n) is 3.24. The molecule has 0 aliphatic carbocycles. The first-order valence-corrected chi connectivity index (χ1v) is 4.47. The maximum atomic E-state index is 13.1. The standard InChI is InChI=1S/C10H12F2N2O/c1-6(10(13)15)14-5-7-4-8(11)2-3-9(7)12/h2-4,6,14H,5H2,1H3,(H2,13,15). The van der Waals surface area contributed by atoms with Crippen molar-refractivity contribution in [1.29, 1.82) is 0 Å². The Kier molecular flexibility index (Phi) is 3.74. The fourth-order valence-electron chi connectivity index (χ4n) is 1.04. The third-order valence-corrected chi connectivity index (χ3v) is 2.03. The zero-order valence-corrected chi connectivity index (χ0v) is 8.26. The van der Waals surface area contributed by atoms with Gasteiger partial charge in [-0.15, -0.1) is 0 Å². The minimum atomic E-state index is -0.576. The van der Waals surface area contributed by atoms with Crippen molar-refractivity contribution in [3.05, 3.63) is 35.4 Å². The Morgan fingerprint density at radius 2 is 2.20 bits per heavy atom. The van der Waals surface area contributed by atoms with Crippen LogP contribution in [0.4, 0.5) is 8.78 Å². The van der Waals surface area contributed by atoms with Crippen LogP contribution in [0.3, 0.4) is 0 Å². The van der Waals surface area contributed by atoms with Gasteiger partial charge in [0.05, 0.1) is 6.04 Å². The van der Waals surface area contributed by atoms with Gasteiger partial charge in [0.15, 0.2) is 0 Å². The molecule has 1 rings (SSSR count). The van der Waals surface area contributed by atoms with E-state index in [0.29, 0.717) is 0 Å². The molecule has 5 heteroatoms. The van der Waals surface area contributed by atoms with E-state index in [1.54, 1.807) is 6.92 Å². The van der Waals surface area contributed by atoms with Gasteiger partial charge < -0.3 is 11.1 Å². The smallest absolute Gasteiger partial charge is 0.234 e. The van der Waals surface area contributed by atoms with E-state index in [1.165, 1.54) is 0 Å². The minimum Gasteiger partial charge on any atom is -0.368 e. The number of nitrogens with one attached hydrogen (secondary N) is 1. The summed E-state index contributed by atoms with van der Waals surface area (Å²) >= 11 is 0. The molecule has 1 aromatic rings. The molecular weight excluding hydrogens is 202 g/mol. The van der Waals surface area contributed by atoms with Gasteiger partial charge in [-0.25, -0.2) is 8.78 Å². The van der Waals surface area contributed by atoms with Crippen molar-refractivity contribution in [2.24, 2.45) is 5.73 Å². The average Bonchev–Trinajstić information content (AvgIpc) is 2.18. The van der Waals surface area contributed by atoms with Crippen LogP contribution in [0.15, 0.2) is 18.2 Å². The summed E-state index contributed by atoms with van der Waals surface area (Å²) < 4.78 is 25.8. The molecule has 0 aromatic heterocycles. The first kappa shape index (κ1) is 11.6. The number of carbonyl (C=O) groups is 1. The quantitative estimate of drug-likeness (QED) is 0.783. The predicted octanol–water partition coefficient (Wildman–Crippen LogP) is 0.928. The Morgan fingerprint density at radius 1 is 1.53 bits per heavy atom. The van der Waals surface area contributed by atoms with Gasteiger partial charge in [0.25, 0.3) is 0 Å². The van der Waals surface area contributed by atoms with Gasteiger partial charge in [0.1, 0.15) is 11.6 Å². The summed E-state index contributed by atoms with van der Waals surface area (Å²) in [6.07, 6.45) is 0. The fourth-order valence-corrected chi connectivity index (χ4v) is 1.04. The first-order valence-electron chi connectivity index (χ1n) is 4.47. The van der Waals surface area contributed by atoms with E-state index in [2.05, 4.69) is 5.32 Å². The van der Waals surface area contributed by atoms with E-state index in [1.807, 2.05) is 0 Å². The third kappa shape index (κ3) is 3.28. The van der Waals surface area contributed by atoms with Crippen LogP contribution in [0.2, 0.25) is 0 Å². The maximum absolute atomic E-state index is 13.1. The van der Waals surface area contributed by atoms with E-state index in [4.69, 9.17) is 5.73 Å². The van der Waals surface area contributed by atoms with Crippen LogP contribution < -0.4 is 11.1 Å². The number of rotatable bonds is 4. The summed E-state index contributed by atoms with van der Waals surface area (Å²) in [7, 11) is 0. The highest BCUT2D eigenvalue weighted by Gasteiger charge is 2.09. The average molecular weight is 214 g/mol. The van der Waals surface area contributed by atoms with Crippen molar-refractivity contribution in [1.82, 2.24) is 5.32 Å². The van der Waals surface area contributed by atoms with Gasteiger partial charge >= 0.3 is 0 Å². The van der Waals surface area contributed by atoms with Crippen LogP contribution in [-0.2, 0) is 11.3 Å². The number of nitrogens with two attached hydrogens (primary N) is 1. The topological polar surface area (TPSA) is 55.1 Å². The molecule has 15 heavy (non-hydrogen) atoms. The van der Waals surface area contributed by atoms with Crippen LogP contribution in [0.5, 0.6) is 0 Å². The SMILES string of the molecule is CC(NCc1cc(F)ccc1F)C(N)=O. The lowest BCUT2D eigenvalue weighted by atomic mass is 10.2. The highest BCUT2D eigenvalue weighted by atomic mass is 19.1. The molecule has 0 radical (unpaired) electrons. The third-order valence-electron chi connectivity index (χ3n) is 2.03. The van der Waals surface area contributed by atoms with Crippen LogP contribution in [0, 0.1) is 11.6 Å². The fraction of sp³-hybridized carbons (Fsp3) is 0.300. The predicted molar refractivity (Wildman–Crippen MR) is 51.9 cm³/mol. The van der Waals surface area contributed by atoms with Crippen LogP contribution in [0.25, 0.3) is 0 Å². The number of amides is 1. The molecule has 82 valence electrons. The van der Waals surface area contributed by atoms with Crippen LogP contribution in [0.1, 0.15) is 12.5 Å². The lowest BCUT2D eigenvalue weighted by Crippen LogP contribution is -2.38. The summed E-state index contributed by atoms with van der Waals surface area (Å²) in [5.74, 6) is -1.56. The van der Waals surface area contributed by atoms with E-state index in [-0.39, 0.29) is 12.1 Å². The lowest BCUT2D eigenvalue weighted by molar-refractivity contribution is -0.119. The van der Waals surface area contributed by atoms with Crippen molar-refractivity contribution in [3.8, 4) is 0 Å². The van der Waals surface area contributed by atoms with Crippen molar-refractivity contribution in [2.75, 3.05) is 0 Å². The molecular formula is C10H12F2N2O. The molecule has 0 spiro atoms. The normalized spacial score (nSPS) is 12.5. The van der Waals surface area contributed by atoms with Gasteiger partial charge in [-0.3, -0.25) is 4.79 Å². The number of carbonyl (C=O) groups excluding carboxylic acids is 1. The second-order valence-corrected chi connectivity index (χ2v) is 3.24. The Morgan fingerprint density at radius 3 is 2.80 bits per heavy atom. The Hall–Kier alpha value is -1.49. The molecule has 3 nitrogen and oxygen atoms in total. The molecule has 3 N–H and O–H groups in total. The number of hydrogen-bond acceptors (Lipinski definition) is 2. The monoisotopic (exact) mass is 214 g/mol. The van der Waals surface area contributed by atoms with Gasteiger partial charge in [-0.05, 0) is 25.1 Å². The highest BCUT2D eigenvalue weighted by Crippen LogP contribution is 2.09.